The maximum atomic E-state index is 5.43. The van der Waals surface area contributed by atoms with Crippen molar-refractivity contribution in [1.82, 2.24) is 10.3 Å². The number of methoxy groups -OCH3 is 1. The molecule has 2 rings (SSSR count). The van der Waals surface area contributed by atoms with Crippen molar-refractivity contribution in [3.63, 3.8) is 0 Å². The molecule has 1 aromatic heterocycles. The lowest BCUT2D eigenvalue weighted by Gasteiger charge is -2.13. The molecule has 0 saturated carbocycles. The highest BCUT2D eigenvalue weighted by atomic mass is 16.5. The number of rotatable bonds is 10. The Morgan fingerprint density at radius 1 is 1.08 bits per heavy atom. The van der Waals surface area contributed by atoms with Crippen LogP contribution >= 0.6 is 0 Å². The van der Waals surface area contributed by atoms with Crippen LogP contribution in [0.2, 0.25) is 0 Å². The molecule has 0 saturated heterocycles. The van der Waals surface area contributed by atoms with Crippen molar-refractivity contribution in [3.05, 3.63) is 30.0 Å². The molecular formula is C20H31N3O. The van der Waals surface area contributed by atoms with E-state index in [0.29, 0.717) is 6.04 Å². The Kier molecular flexibility index (Phi) is 7.32. The molecule has 1 heterocycles. The zero-order valence-electron chi connectivity index (χ0n) is 15.5. The number of anilines is 1. The van der Waals surface area contributed by atoms with Gasteiger partial charge in [0.1, 0.15) is 5.75 Å². The molecule has 0 fully saturated rings. The van der Waals surface area contributed by atoms with Crippen LogP contribution in [0.4, 0.5) is 5.69 Å². The van der Waals surface area contributed by atoms with Crippen molar-refractivity contribution < 1.29 is 4.74 Å². The maximum absolute atomic E-state index is 5.43. The highest BCUT2D eigenvalue weighted by Crippen LogP contribution is 2.29. The van der Waals surface area contributed by atoms with Crippen LogP contribution in [-0.2, 0) is 0 Å². The Morgan fingerprint density at radius 2 is 1.83 bits per heavy atom. The highest BCUT2D eigenvalue weighted by Gasteiger charge is 2.07. The summed E-state index contributed by atoms with van der Waals surface area (Å²) in [6.07, 6.45) is 6.82. The van der Waals surface area contributed by atoms with Crippen LogP contribution in [0.3, 0.4) is 0 Å². The molecule has 0 aliphatic carbocycles. The zero-order chi connectivity index (χ0) is 17.4. The first-order valence-corrected chi connectivity index (χ1v) is 9.02. The number of hydrogen-bond donors (Lipinski definition) is 2. The molecule has 0 amide bonds. The zero-order valence-corrected chi connectivity index (χ0v) is 15.5. The molecule has 4 nitrogen and oxygen atoms in total. The van der Waals surface area contributed by atoms with Crippen LogP contribution < -0.4 is 15.4 Å². The van der Waals surface area contributed by atoms with E-state index in [0.717, 1.165) is 35.4 Å². The van der Waals surface area contributed by atoms with Crippen molar-refractivity contribution in [2.24, 2.45) is 0 Å². The Morgan fingerprint density at radius 3 is 2.54 bits per heavy atom. The predicted octanol–water partition coefficient (Wildman–Crippen LogP) is 4.52. The number of aromatic nitrogens is 1. The van der Waals surface area contributed by atoms with Gasteiger partial charge >= 0.3 is 0 Å². The van der Waals surface area contributed by atoms with Crippen molar-refractivity contribution in [2.75, 3.05) is 25.5 Å². The van der Waals surface area contributed by atoms with Crippen LogP contribution in [0.5, 0.6) is 5.75 Å². The lowest BCUT2D eigenvalue weighted by molar-refractivity contribution is 0.415. The first-order valence-electron chi connectivity index (χ1n) is 9.02. The van der Waals surface area contributed by atoms with Crippen molar-refractivity contribution in [3.8, 4) is 5.75 Å². The number of hydrogen-bond acceptors (Lipinski definition) is 4. The van der Waals surface area contributed by atoms with Crippen LogP contribution in [0.15, 0.2) is 24.4 Å². The highest BCUT2D eigenvalue weighted by molar-refractivity contribution is 5.93. The number of unbranched alkanes of at least 4 members (excludes halogenated alkanes) is 3. The lowest BCUT2D eigenvalue weighted by Crippen LogP contribution is -2.23. The van der Waals surface area contributed by atoms with Crippen molar-refractivity contribution >= 4 is 16.6 Å². The molecule has 2 aromatic rings. The molecule has 1 aromatic carbocycles. The number of pyridine rings is 1. The van der Waals surface area contributed by atoms with Gasteiger partial charge < -0.3 is 15.4 Å². The molecular weight excluding hydrogens is 298 g/mol. The monoisotopic (exact) mass is 329 g/mol. The summed E-state index contributed by atoms with van der Waals surface area (Å²) in [4.78, 5) is 4.55. The summed E-state index contributed by atoms with van der Waals surface area (Å²) in [5.74, 6) is 0.876. The molecule has 0 aliphatic heterocycles. The van der Waals surface area contributed by atoms with E-state index in [-0.39, 0.29) is 0 Å². The van der Waals surface area contributed by atoms with E-state index < -0.39 is 0 Å². The Balaban J connectivity index is 1.85. The summed E-state index contributed by atoms with van der Waals surface area (Å²) in [7, 11) is 1.71. The third-order valence-corrected chi connectivity index (χ3v) is 4.24. The van der Waals surface area contributed by atoms with Gasteiger partial charge in [0.2, 0.25) is 0 Å². The normalized spacial score (nSPS) is 11.2. The summed E-state index contributed by atoms with van der Waals surface area (Å²) in [6, 6.07) is 6.73. The molecule has 24 heavy (non-hydrogen) atoms. The lowest BCUT2D eigenvalue weighted by atomic mass is 10.1. The van der Waals surface area contributed by atoms with Gasteiger partial charge in [-0.15, -0.1) is 0 Å². The number of aryl methyl sites for hydroxylation is 1. The van der Waals surface area contributed by atoms with Gasteiger partial charge in [-0.1, -0.05) is 26.7 Å². The number of nitrogens with zero attached hydrogens (tertiary/aromatic N) is 1. The van der Waals surface area contributed by atoms with Gasteiger partial charge in [0.05, 0.1) is 18.3 Å². The fraction of sp³-hybridized carbons (Fsp3) is 0.550. The number of fused-ring (bicyclic) bond motifs is 1. The van der Waals surface area contributed by atoms with Crippen LogP contribution in [0.1, 0.15) is 45.1 Å². The fourth-order valence-electron chi connectivity index (χ4n) is 2.83. The second-order valence-corrected chi connectivity index (χ2v) is 6.65. The summed E-state index contributed by atoms with van der Waals surface area (Å²) >= 11 is 0. The first-order chi connectivity index (χ1) is 11.6. The maximum Gasteiger partial charge on any atom is 0.121 e. The standard InChI is InChI=1S/C20H31N3O/c1-15(2)21-10-7-5-6-8-11-22-19-14-17(24-4)13-18-16(3)9-12-23-20(18)19/h9,12-15,21-22H,5-8,10-11H2,1-4H3. The summed E-state index contributed by atoms with van der Waals surface area (Å²) in [6.45, 7) is 8.58. The summed E-state index contributed by atoms with van der Waals surface area (Å²) in [5, 5.41) is 8.16. The fourth-order valence-corrected chi connectivity index (χ4v) is 2.83. The SMILES string of the molecule is COc1cc(NCCCCCCNC(C)C)c2nccc(C)c2c1. The molecule has 0 unspecified atom stereocenters. The second-order valence-electron chi connectivity index (χ2n) is 6.65. The van der Waals surface area contributed by atoms with Gasteiger partial charge in [-0.3, -0.25) is 4.98 Å². The van der Waals surface area contributed by atoms with Gasteiger partial charge in [-0.2, -0.15) is 0 Å². The predicted molar refractivity (Wildman–Crippen MR) is 103 cm³/mol. The molecule has 0 atom stereocenters. The number of nitrogens with one attached hydrogen (secondary N) is 2. The smallest absolute Gasteiger partial charge is 0.121 e. The molecule has 132 valence electrons. The average Bonchev–Trinajstić information content (AvgIpc) is 2.57. The van der Waals surface area contributed by atoms with E-state index in [1.165, 1.54) is 31.2 Å². The Bertz CT molecular complexity index is 640. The van der Waals surface area contributed by atoms with Crippen molar-refractivity contribution in [2.45, 2.75) is 52.5 Å². The summed E-state index contributed by atoms with van der Waals surface area (Å²) < 4.78 is 5.43. The quantitative estimate of drug-likeness (QED) is 0.629. The van der Waals surface area contributed by atoms with Crippen molar-refractivity contribution in [1.29, 1.82) is 0 Å². The van der Waals surface area contributed by atoms with Crippen LogP contribution in [0, 0.1) is 6.92 Å². The second kappa shape index (κ2) is 9.48. The minimum Gasteiger partial charge on any atom is -0.497 e. The Hall–Kier alpha value is -1.81. The molecule has 0 spiro atoms. The largest absolute Gasteiger partial charge is 0.497 e. The minimum atomic E-state index is 0.587. The third-order valence-electron chi connectivity index (χ3n) is 4.24. The molecule has 4 heteroatoms. The van der Waals surface area contributed by atoms with Gasteiger partial charge in [-0.05, 0) is 44.0 Å². The third kappa shape index (κ3) is 5.38. The topological polar surface area (TPSA) is 46.2 Å². The van der Waals surface area contributed by atoms with E-state index in [1.807, 2.05) is 18.3 Å². The van der Waals surface area contributed by atoms with E-state index in [1.54, 1.807) is 7.11 Å². The van der Waals surface area contributed by atoms with Crippen LogP contribution in [-0.4, -0.2) is 31.2 Å². The summed E-state index contributed by atoms with van der Waals surface area (Å²) in [5.41, 5.74) is 3.31. The molecule has 0 radical (unpaired) electrons. The van der Waals surface area contributed by atoms with Gasteiger partial charge in [0.25, 0.3) is 0 Å². The van der Waals surface area contributed by atoms with Crippen LogP contribution in [0.25, 0.3) is 10.9 Å². The Labute approximate surface area is 146 Å². The number of benzene rings is 1. The van der Waals surface area contributed by atoms with Gasteiger partial charge in [0, 0.05) is 30.2 Å². The van der Waals surface area contributed by atoms with Gasteiger partial charge in [0.15, 0.2) is 0 Å². The number of ether oxygens (including phenoxy) is 1. The van der Waals surface area contributed by atoms with E-state index >= 15 is 0 Å². The average molecular weight is 329 g/mol. The van der Waals surface area contributed by atoms with E-state index in [2.05, 4.69) is 42.5 Å². The molecule has 2 N–H and O–H groups in total. The van der Waals surface area contributed by atoms with E-state index in [9.17, 15) is 0 Å². The minimum absolute atomic E-state index is 0.587. The molecule has 0 bridgehead atoms. The first kappa shape index (κ1) is 18.5. The van der Waals surface area contributed by atoms with E-state index in [4.69, 9.17) is 4.74 Å². The molecule has 0 aliphatic rings. The van der Waals surface area contributed by atoms with Gasteiger partial charge in [-0.25, -0.2) is 0 Å².